The molecule has 2 atom stereocenters. The van der Waals surface area contributed by atoms with E-state index in [2.05, 4.69) is 15.3 Å². The highest BCUT2D eigenvalue weighted by Gasteiger charge is 2.55. The molecule has 1 saturated heterocycles. The van der Waals surface area contributed by atoms with Gasteiger partial charge in [0.15, 0.2) is 0 Å². The number of amides is 1. The molecule has 0 unspecified atom stereocenters. The largest absolute Gasteiger partial charge is 0.417 e. The summed E-state index contributed by atoms with van der Waals surface area (Å²) in [7, 11) is 0. The highest BCUT2D eigenvalue weighted by Crippen LogP contribution is 2.42. The molecule has 3 aromatic heterocycles. The molecule has 1 aliphatic carbocycles. The Morgan fingerprint density at radius 1 is 1.26 bits per heavy atom. The number of alkyl halides is 3. The lowest BCUT2D eigenvalue weighted by Crippen LogP contribution is -2.65. The van der Waals surface area contributed by atoms with Crippen LogP contribution in [0.1, 0.15) is 64.8 Å². The zero-order valence-corrected chi connectivity index (χ0v) is 19.1. The van der Waals surface area contributed by atoms with Crippen molar-refractivity contribution in [3.63, 3.8) is 0 Å². The number of aromatic nitrogens is 3. The number of pyridine rings is 1. The minimum absolute atomic E-state index is 0.0249. The number of ether oxygens (including phenoxy) is 1. The standard InChI is InChI=1S/C24H24F4N4O3/c1-13-10-32-11-15(14-3-4-14)8-30-20(32)18(13)21(33)31-23(5-6-35-12-22(23,2)34)19-17(25)7-16(9-29-19)24(26,27)28/h7-11,14,34H,3-6,12H2,1-2H3,(H,31,33)/t22-,23+/m1/s1. The molecule has 35 heavy (non-hydrogen) atoms. The fraction of sp³-hybridized carbons (Fsp3) is 0.458. The predicted molar refractivity (Wildman–Crippen MR) is 116 cm³/mol. The van der Waals surface area contributed by atoms with Crippen molar-refractivity contribution in [1.29, 1.82) is 0 Å². The Balaban J connectivity index is 1.58. The average Bonchev–Trinajstić information content (AvgIpc) is 3.56. The maximum atomic E-state index is 15.1. The summed E-state index contributed by atoms with van der Waals surface area (Å²) in [5, 5.41) is 14.0. The van der Waals surface area contributed by atoms with Gasteiger partial charge in [-0.3, -0.25) is 9.78 Å². The van der Waals surface area contributed by atoms with E-state index in [-0.39, 0.29) is 25.2 Å². The van der Waals surface area contributed by atoms with Gasteiger partial charge in [-0.1, -0.05) is 0 Å². The molecule has 2 fully saturated rings. The zero-order chi connectivity index (χ0) is 25.2. The van der Waals surface area contributed by atoms with E-state index in [0.717, 1.165) is 18.4 Å². The molecule has 7 nitrogen and oxygen atoms in total. The van der Waals surface area contributed by atoms with Gasteiger partial charge in [0.2, 0.25) is 0 Å². The number of nitrogens with zero attached hydrogens (tertiary/aromatic N) is 3. The Labute approximate surface area is 198 Å². The highest BCUT2D eigenvalue weighted by molar-refractivity contribution is 6.02. The first kappa shape index (κ1) is 23.7. The van der Waals surface area contributed by atoms with Crippen LogP contribution in [-0.2, 0) is 16.5 Å². The molecule has 0 radical (unpaired) electrons. The third-order valence-electron chi connectivity index (χ3n) is 6.92. The SMILES string of the molecule is Cc1cn2cc(C3CC3)cnc2c1C(=O)N[C@]1(c2ncc(C(F)(F)F)cc2F)CCOC[C@@]1(C)O. The van der Waals surface area contributed by atoms with Crippen molar-refractivity contribution < 1.29 is 32.2 Å². The van der Waals surface area contributed by atoms with Crippen molar-refractivity contribution in [1.82, 2.24) is 19.7 Å². The van der Waals surface area contributed by atoms with E-state index in [1.165, 1.54) is 6.92 Å². The summed E-state index contributed by atoms with van der Waals surface area (Å²) < 4.78 is 61.5. The fourth-order valence-electron chi connectivity index (χ4n) is 4.79. The van der Waals surface area contributed by atoms with Crippen LogP contribution in [0.2, 0.25) is 0 Å². The van der Waals surface area contributed by atoms with Gasteiger partial charge in [0.1, 0.15) is 28.3 Å². The Kier molecular flexibility index (Phi) is 5.41. The maximum absolute atomic E-state index is 15.1. The molecule has 2 N–H and O–H groups in total. The van der Waals surface area contributed by atoms with Crippen molar-refractivity contribution in [2.24, 2.45) is 0 Å². The van der Waals surface area contributed by atoms with E-state index in [4.69, 9.17) is 4.74 Å². The Morgan fingerprint density at radius 2 is 2.00 bits per heavy atom. The number of rotatable bonds is 4. The Bertz CT molecular complexity index is 1320. The smallest absolute Gasteiger partial charge is 0.385 e. The summed E-state index contributed by atoms with van der Waals surface area (Å²) in [6.45, 7) is 2.80. The molecule has 0 bridgehead atoms. The summed E-state index contributed by atoms with van der Waals surface area (Å²) in [4.78, 5) is 21.8. The lowest BCUT2D eigenvalue weighted by Gasteiger charge is -2.48. The predicted octanol–water partition coefficient (Wildman–Crippen LogP) is 3.87. The highest BCUT2D eigenvalue weighted by atomic mass is 19.4. The van der Waals surface area contributed by atoms with Crippen LogP contribution < -0.4 is 5.32 Å². The number of aryl methyl sites for hydroxylation is 1. The van der Waals surface area contributed by atoms with Crippen LogP contribution in [0.15, 0.2) is 30.9 Å². The molecule has 1 amide bonds. The summed E-state index contributed by atoms with van der Waals surface area (Å²) in [6.07, 6.45) is 3.17. The van der Waals surface area contributed by atoms with Crippen LogP contribution in [0.25, 0.3) is 5.65 Å². The number of halogens is 4. The molecule has 186 valence electrons. The first-order valence-electron chi connectivity index (χ1n) is 11.3. The van der Waals surface area contributed by atoms with Gasteiger partial charge < -0.3 is 19.6 Å². The third kappa shape index (κ3) is 3.96. The third-order valence-corrected chi connectivity index (χ3v) is 6.92. The van der Waals surface area contributed by atoms with Crippen LogP contribution in [0.3, 0.4) is 0 Å². The van der Waals surface area contributed by atoms with Crippen molar-refractivity contribution in [2.45, 2.75) is 56.3 Å². The van der Waals surface area contributed by atoms with Crippen LogP contribution >= 0.6 is 0 Å². The van der Waals surface area contributed by atoms with E-state index >= 15 is 4.39 Å². The number of hydrogen-bond donors (Lipinski definition) is 2. The molecule has 5 rings (SSSR count). The first-order chi connectivity index (χ1) is 16.4. The van der Waals surface area contributed by atoms with Crippen LogP contribution in [0.4, 0.5) is 17.6 Å². The summed E-state index contributed by atoms with van der Waals surface area (Å²) in [5.74, 6) is -1.48. The number of carbonyl (C=O) groups excluding carboxylic acids is 1. The minimum atomic E-state index is -4.80. The molecule has 1 saturated carbocycles. The van der Waals surface area contributed by atoms with Crippen molar-refractivity contribution in [3.05, 3.63) is 64.6 Å². The van der Waals surface area contributed by atoms with E-state index < -0.39 is 40.3 Å². The van der Waals surface area contributed by atoms with E-state index in [1.807, 2.05) is 6.20 Å². The van der Waals surface area contributed by atoms with Gasteiger partial charge in [0.25, 0.3) is 5.91 Å². The second-order valence-corrected chi connectivity index (χ2v) is 9.57. The molecular weight excluding hydrogens is 468 g/mol. The minimum Gasteiger partial charge on any atom is -0.385 e. The molecule has 1 aliphatic heterocycles. The van der Waals surface area contributed by atoms with Gasteiger partial charge in [0, 0.05) is 37.8 Å². The van der Waals surface area contributed by atoms with Crippen LogP contribution in [0.5, 0.6) is 0 Å². The number of aliphatic hydroxyl groups is 1. The quantitative estimate of drug-likeness (QED) is 0.540. The maximum Gasteiger partial charge on any atom is 0.417 e. The van der Waals surface area contributed by atoms with Gasteiger partial charge in [-0.25, -0.2) is 9.37 Å². The first-order valence-corrected chi connectivity index (χ1v) is 11.3. The summed E-state index contributed by atoms with van der Waals surface area (Å²) in [5.41, 5.74) is -3.19. The second kappa shape index (κ2) is 7.99. The van der Waals surface area contributed by atoms with Crippen molar-refractivity contribution in [2.75, 3.05) is 13.2 Å². The zero-order valence-electron chi connectivity index (χ0n) is 19.1. The van der Waals surface area contributed by atoms with E-state index in [9.17, 15) is 23.1 Å². The van der Waals surface area contributed by atoms with Crippen LogP contribution in [0, 0.1) is 12.7 Å². The molecule has 11 heteroatoms. The van der Waals surface area contributed by atoms with Gasteiger partial charge in [0.05, 0.1) is 17.7 Å². The fourth-order valence-corrected chi connectivity index (χ4v) is 4.79. The van der Waals surface area contributed by atoms with Gasteiger partial charge in [-0.05, 0) is 49.8 Å². The monoisotopic (exact) mass is 492 g/mol. The summed E-state index contributed by atoms with van der Waals surface area (Å²) >= 11 is 0. The van der Waals surface area contributed by atoms with E-state index in [1.54, 1.807) is 23.7 Å². The van der Waals surface area contributed by atoms with Gasteiger partial charge in [-0.2, -0.15) is 13.2 Å². The Hall–Kier alpha value is -3.05. The normalized spacial score (nSPS) is 25.1. The van der Waals surface area contributed by atoms with Gasteiger partial charge in [-0.15, -0.1) is 0 Å². The molecule has 3 aromatic rings. The molecule has 4 heterocycles. The molecule has 0 aromatic carbocycles. The second-order valence-electron chi connectivity index (χ2n) is 9.57. The van der Waals surface area contributed by atoms with Crippen LogP contribution in [-0.4, -0.2) is 44.2 Å². The molecular formula is C24H24F4N4O3. The number of carbonyl (C=O) groups is 1. The topological polar surface area (TPSA) is 88.8 Å². The van der Waals surface area contributed by atoms with Crippen molar-refractivity contribution >= 4 is 11.6 Å². The lowest BCUT2D eigenvalue weighted by atomic mass is 9.74. The summed E-state index contributed by atoms with van der Waals surface area (Å²) in [6, 6.07) is 0.321. The molecule has 0 spiro atoms. The number of fused-ring (bicyclic) bond motifs is 1. The van der Waals surface area contributed by atoms with Gasteiger partial charge >= 0.3 is 6.18 Å². The molecule has 2 aliphatic rings. The van der Waals surface area contributed by atoms with Crippen molar-refractivity contribution in [3.8, 4) is 0 Å². The lowest BCUT2D eigenvalue weighted by molar-refractivity contribution is -0.142. The van der Waals surface area contributed by atoms with E-state index in [0.29, 0.717) is 29.4 Å². The number of hydrogen-bond acceptors (Lipinski definition) is 5. The number of nitrogens with one attached hydrogen (secondary N) is 1. The Morgan fingerprint density at radius 3 is 2.63 bits per heavy atom. The average molecular weight is 492 g/mol.